The van der Waals surface area contributed by atoms with Crippen molar-refractivity contribution in [2.75, 3.05) is 13.1 Å². The van der Waals surface area contributed by atoms with E-state index in [-0.39, 0.29) is 0 Å². The van der Waals surface area contributed by atoms with Crippen LogP contribution in [0.4, 0.5) is 0 Å². The summed E-state index contributed by atoms with van der Waals surface area (Å²) in [6.07, 6.45) is 2.64. The Morgan fingerprint density at radius 1 is 1.59 bits per heavy atom. The van der Waals surface area contributed by atoms with Gasteiger partial charge < -0.3 is 5.32 Å². The van der Waals surface area contributed by atoms with Crippen molar-refractivity contribution >= 4 is 27.3 Å². The smallest absolute Gasteiger partial charge is 0.0328 e. The minimum atomic E-state index is 0.593. The van der Waals surface area contributed by atoms with Gasteiger partial charge in [0.25, 0.3) is 0 Å². The molecule has 1 aliphatic rings. The van der Waals surface area contributed by atoms with Crippen molar-refractivity contribution in [3.05, 3.63) is 20.8 Å². The third kappa shape index (κ3) is 4.36. The lowest BCUT2D eigenvalue weighted by Crippen LogP contribution is -2.47. The van der Waals surface area contributed by atoms with Gasteiger partial charge in [-0.3, -0.25) is 4.90 Å². The highest BCUT2D eigenvalue weighted by molar-refractivity contribution is 9.10. The van der Waals surface area contributed by atoms with Gasteiger partial charge >= 0.3 is 0 Å². The quantitative estimate of drug-likeness (QED) is 0.915. The molecule has 1 fully saturated rings. The summed E-state index contributed by atoms with van der Waals surface area (Å²) in [5.74, 6) is 0. The number of rotatable bonds is 4. The summed E-state index contributed by atoms with van der Waals surface area (Å²) in [5, 5.41) is 5.82. The predicted octanol–water partition coefficient (Wildman–Crippen LogP) is 3.47. The van der Waals surface area contributed by atoms with Gasteiger partial charge in [0.1, 0.15) is 0 Å². The number of likely N-dealkylation sites (tertiary alicyclic amines) is 1. The van der Waals surface area contributed by atoms with Gasteiger partial charge in [-0.15, -0.1) is 11.3 Å². The van der Waals surface area contributed by atoms with Crippen LogP contribution in [0.5, 0.6) is 0 Å². The molecule has 1 saturated heterocycles. The van der Waals surface area contributed by atoms with E-state index in [2.05, 4.69) is 51.4 Å². The molecule has 96 valence electrons. The van der Waals surface area contributed by atoms with Crippen LogP contribution in [0.3, 0.4) is 0 Å². The van der Waals surface area contributed by atoms with E-state index >= 15 is 0 Å². The molecule has 0 saturated carbocycles. The molecule has 0 spiro atoms. The molecule has 1 aromatic heterocycles. The largest absolute Gasteiger partial charge is 0.311 e. The topological polar surface area (TPSA) is 15.3 Å². The Labute approximate surface area is 117 Å². The highest BCUT2D eigenvalue weighted by atomic mass is 79.9. The van der Waals surface area contributed by atoms with Crippen LogP contribution in [0, 0.1) is 0 Å². The fourth-order valence-corrected chi connectivity index (χ4v) is 3.96. The Morgan fingerprint density at radius 2 is 2.41 bits per heavy atom. The molecule has 0 aromatic carbocycles. The minimum absolute atomic E-state index is 0.593. The number of hydrogen-bond acceptors (Lipinski definition) is 3. The second-order valence-electron chi connectivity index (χ2n) is 5.13. The minimum Gasteiger partial charge on any atom is -0.311 e. The third-order valence-electron chi connectivity index (χ3n) is 3.08. The standard InChI is InChI=1S/C13H21BrN2S/c1-10(2)15-12-4-3-5-16(7-12)8-13-6-11(14)9-17-13/h6,9-10,12,15H,3-5,7-8H2,1-2H3. The van der Waals surface area contributed by atoms with Crippen LogP contribution in [-0.2, 0) is 6.54 Å². The molecule has 1 atom stereocenters. The highest BCUT2D eigenvalue weighted by Crippen LogP contribution is 2.22. The first kappa shape index (κ1) is 13.5. The summed E-state index contributed by atoms with van der Waals surface area (Å²) in [4.78, 5) is 4.03. The zero-order chi connectivity index (χ0) is 12.3. The van der Waals surface area contributed by atoms with Crippen LogP contribution in [0.15, 0.2) is 15.9 Å². The maximum absolute atomic E-state index is 3.66. The maximum Gasteiger partial charge on any atom is 0.0328 e. The SMILES string of the molecule is CC(C)NC1CCCN(Cc2cc(Br)cs2)C1. The van der Waals surface area contributed by atoms with Crippen molar-refractivity contribution in [3.63, 3.8) is 0 Å². The van der Waals surface area contributed by atoms with E-state index < -0.39 is 0 Å². The van der Waals surface area contributed by atoms with Gasteiger partial charge in [0, 0.05) is 39.9 Å². The molecule has 1 aliphatic heterocycles. The van der Waals surface area contributed by atoms with Crippen LogP contribution in [-0.4, -0.2) is 30.1 Å². The van der Waals surface area contributed by atoms with Crippen molar-refractivity contribution < 1.29 is 0 Å². The average molecular weight is 317 g/mol. The highest BCUT2D eigenvalue weighted by Gasteiger charge is 2.20. The van der Waals surface area contributed by atoms with Crippen molar-refractivity contribution in [1.82, 2.24) is 10.2 Å². The Balaban J connectivity index is 1.85. The van der Waals surface area contributed by atoms with E-state index in [1.165, 1.54) is 35.3 Å². The van der Waals surface area contributed by atoms with Crippen molar-refractivity contribution in [3.8, 4) is 0 Å². The summed E-state index contributed by atoms with van der Waals surface area (Å²) in [7, 11) is 0. The maximum atomic E-state index is 3.66. The van der Waals surface area contributed by atoms with Gasteiger partial charge in [0.15, 0.2) is 0 Å². The molecule has 2 nitrogen and oxygen atoms in total. The van der Waals surface area contributed by atoms with Gasteiger partial charge in [-0.05, 0) is 41.4 Å². The second-order valence-corrected chi connectivity index (χ2v) is 7.04. The zero-order valence-corrected chi connectivity index (χ0v) is 13.0. The fraction of sp³-hybridized carbons (Fsp3) is 0.692. The molecule has 1 aromatic rings. The predicted molar refractivity (Wildman–Crippen MR) is 78.6 cm³/mol. The van der Waals surface area contributed by atoms with Crippen LogP contribution in [0.2, 0.25) is 0 Å². The molecule has 1 N–H and O–H groups in total. The van der Waals surface area contributed by atoms with E-state index in [4.69, 9.17) is 0 Å². The van der Waals surface area contributed by atoms with Gasteiger partial charge in [-0.25, -0.2) is 0 Å². The molecule has 1 unspecified atom stereocenters. The number of nitrogens with one attached hydrogen (secondary N) is 1. The number of piperidine rings is 1. The summed E-state index contributed by atoms with van der Waals surface area (Å²) in [6.45, 7) is 8.00. The molecular weight excluding hydrogens is 296 g/mol. The first-order valence-corrected chi connectivity index (χ1v) is 8.02. The van der Waals surface area contributed by atoms with E-state index in [1.54, 1.807) is 0 Å². The van der Waals surface area contributed by atoms with E-state index in [1.807, 2.05) is 11.3 Å². The van der Waals surface area contributed by atoms with E-state index in [0.717, 1.165) is 6.54 Å². The first-order chi connectivity index (χ1) is 8.13. The summed E-state index contributed by atoms with van der Waals surface area (Å²) < 4.78 is 1.21. The molecule has 0 amide bonds. The summed E-state index contributed by atoms with van der Waals surface area (Å²) in [6, 6.07) is 3.51. The Hall–Kier alpha value is 0.1000. The van der Waals surface area contributed by atoms with Crippen LogP contribution >= 0.6 is 27.3 Å². The van der Waals surface area contributed by atoms with E-state index in [9.17, 15) is 0 Å². The normalized spacial score (nSPS) is 22.2. The molecular formula is C13H21BrN2S. The van der Waals surface area contributed by atoms with Crippen LogP contribution in [0.25, 0.3) is 0 Å². The lowest BCUT2D eigenvalue weighted by molar-refractivity contribution is 0.180. The molecule has 2 rings (SSSR count). The molecule has 0 bridgehead atoms. The monoisotopic (exact) mass is 316 g/mol. The molecule has 4 heteroatoms. The van der Waals surface area contributed by atoms with Crippen molar-refractivity contribution in [2.24, 2.45) is 0 Å². The summed E-state index contributed by atoms with van der Waals surface area (Å²) >= 11 is 5.37. The molecule has 17 heavy (non-hydrogen) atoms. The van der Waals surface area contributed by atoms with Crippen LogP contribution < -0.4 is 5.32 Å². The average Bonchev–Trinajstić information content (AvgIpc) is 2.63. The van der Waals surface area contributed by atoms with Gasteiger partial charge in [0.05, 0.1) is 0 Å². The number of hydrogen-bond donors (Lipinski definition) is 1. The van der Waals surface area contributed by atoms with Gasteiger partial charge in [-0.2, -0.15) is 0 Å². The molecule has 0 radical (unpaired) electrons. The Morgan fingerprint density at radius 3 is 3.06 bits per heavy atom. The van der Waals surface area contributed by atoms with Crippen LogP contribution in [0.1, 0.15) is 31.6 Å². The molecule has 2 heterocycles. The van der Waals surface area contributed by atoms with E-state index in [0.29, 0.717) is 12.1 Å². The molecule has 0 aliphatic carbocycles. The number of nitrogens with zero attached hydrogens (tertiary/aromatic N) is 1. The van der Waals surface area contributed by atoms with Gasteiger partial charge in [0.2, 0.25) is 0 Å². The lowest BCUT2D eigenvalue weighted by Gasteiger charge is -2.34. The fourth-order valence-electron chi connectivity index (χ4n) is 2.46. The third-order valence-corrected chi connectivity index (χ3v) is 4.76. The zero-order valence-electron chi connectivity index (χ0n) is 10.6. The number of thiophene rings is 1. The Kier molecular flexibility index (Phi) is 5.03. The van der Waals surface area contributed by atoms with Gasteiger partial charge in [-0.1, -0.05) is 13.8 Å². The Bertz CT molecular complexity index is 351. The first-order valence-electron chi connectivity index (χ1n) is 6.35. The lowest BCUT2D eigenvalue weighted by atomic mass is 10.0. The second kappa shape index (κ2) is 6.32. The summed E-state index contributed by atoms with van der Waals surface area (Å²) in [5.41, 5.74) is 0. The number of halogens is 1. The van der Waals surface area contributed by atoms with Crippen molar-refractivity contribution in [2.45, 2.75) is 45.3 Å². The van der Waals surface area contributed by atoms with Crippen molar-refractivity contribution in [1.29, 1.82) is 0 Å².